The number of rotatable bonds is 6. The molecule has 0 radical (unpaired) electrons. The lowest BCUT2D eigenvalue weighted by atomic mass is 10.1. The van der Waals surface area contributed by atoms with Gasteiger partial charge in [0.25, 0.3) is 0 Å². The first-order valence-electron chi connectivity index (χ1n) is 10.9. The van der Waals surface area contributed by atoms with Crippen molar-refractivity contribution in [1.29, 1.82) is 0 Å². The van der Waals surface area contributed by atoms with Gasteiger partial charge in [-0.1, -0.05) is 18.2 Å². The van der Waals surface area contributed by atoms with Gasteiger partial charge in [0.1, 0.15) is 0 Å². The molecule has 0 spiro atoms. The van der Waals surface area contributed by atoms with Crippen LogP contribution in [0.25, 0.3) is 0 Å². The molecule has 0 saturated carbocycles. The van der Waals surface area contributed by atoms with Gasteiger partial charge in [-0.15, -0.1) is 0 Å². The molecule has 0 aliphatic carbocycles. The molecule has 6 nitrogen and oxygen atoms in total. The Kier molecular flexibility index (Phi) is 6.74. The van der Waals surface area contributed by atoms with Crippen LogP contribution in [0.1, 0.15) is 31.2 Å². The van der Waals surface area contributed by atoms with E-state index in [1.54, 1.807) is 0 Å². The summed E-state index contributed by atoms with van der Waals surface area (Å²) in [6, 6.07) is 14.1. The summed E-state index contributed by atoms with van der Waals surface area (Å²) in [6.45, 7) is 4.58. The van der Waals surface area contributed by atoms with Gasteiger partial charge in [-0.3, -0.25) is 9.69 Å². The van der Waals surface area contributed by atoms with Gasteiger partial charge in [-0.05, 0) is 50.1 Å². The molecule has 1 saturated heterocycles. The minimum atomic E-state index is -0.0394. The number of benzene rings is 2. The Morgan fingerprint density at radius 2 is 1.77 bits per heavy atom. The number of nitrogens with zero attached hydrogens (tertiary/aromatic N) is 2. The number of ether oxygens (including phenoxy) is 2. The molecule has 2 aliphatic rings. The number of piperidine rings is 1. The maximum atomic E-state index is 12.6. The average Bonchev–Trinajstić information content (AvgIpc) is 2.99. The number of fused-ring (bicyclic) bond motifs is 1. The zero-order chi connectivity index (χ0) is 20.8. The first-order chi connectivity index (χ1) is 14.7. The van der Waals surface area contributed by atoms with E-state index in [4.69, 9.17) is 9.47 Å². The smallest absolute Gasteiger partial charge is 0.238 e. The van der Waals surface area contributed by atoms with E-state index in [2.05, 4.69) is 39.4 Å². The van der Waals surface area contributed by atoms with E-state index in [9.17, 15) is 4.79 Å². The fraction of sp³-hybridized carbons (Fsp3) is 0.458. The molecule has 1 N–H and O–H groups in total. The molecule has 30 heavy (non-hydrogen) atoms. The van der Waals surface area contributed by atoms with E-state index in [1.165, 1.54) is 30.5 Å². The van der Waals surface area contributed by atoms with Crippen molar-refractivity contribution in [3.05, 3.63) is 48.0 Å². The van der Waals surface area contributed by atoms with Crippen LogP contribution in [-0.2, 0) is 11.3 Å². The molecule has 2 aromatic rings. The van der Waals surface area contributed by atoms with Gasteiger partial charge in [-0.25, -0.2) is 0 Å². The van der Waals surface area contributed by atoms with Crippen LogP contribution in [0.15, 0.2) is 42.5 Å². The topological polar surface area (TPSA) is 54.0 Å². The summed E-state index contributed by atoms with van der Waals surface area (Å²) in [5.41, 5.74) is 3.30. The minimum Gasteiger partial charge on any atom is -0.490 e. The number of likely N-dealkylation sites (N-methyl/N-ethyl adjacent to an activating group) is 1. The summed E-state index contributed by atoms with van der Waals surface area (Å²) in [5.74, 6) is 1.38. The maximum Gasteiger partial charge on any atom is 0.238 e. The Hall–Kier alpha value is -2.73. The van der Waals surface area contributed by atoms with E-state index in [-0.39, 0.29) is 5.91 Å². The fourth-order valence-electron chi connectivity index (χ4n) is 4.12. The van der Waals surface area contributed by atoms with Crippen molar-refractivity contribution in [1.82, 2.24) is 4.90 Å². The fourth-order valence-corrected chi connectivity index (χ4v) is 4.12. The standard InChI is InChI=1S/C24H31N3O3/c1-26(17-19-8-3-4-9-21(19)27-12-5-2-6-13-27)18-24(28)25-20-10-11-22-23(16-20)30-15-7-14-29-22/h3-4,8-11,16H,2,5-7,12-15,17-18H2,1H3,(H,25,28). The third-order valence-corrected chi connectivity index (χ3v) is 5.57. The van der Waals surface area contributed by atoms with Crippen molar-refractivity contribution in [3.63, 3.8) is 0 Å². The number of para-hydroxylation sites is 1. The van der Waals surface area contributed by atoms with Crippen molar-refractivity contribution in [2.75, 3.05) is 50.1 Å². The highest BCUT2D eigenvalue weighted by molar-refractivity contribution is 5.92. The van der Waals surface area contributed by atoms with E-state index in [0.29, 0.717) is 25.5 Å². The van der Waals surface area contributed by atoms with Crippen molar-refractivity contribution in [2.24, 2.45) is 0 Å². The summed E-state index contributed by atoms with van der Waals surface area (Å²) >= 11 is 0. The lowest BCUT2D eigenvalue weighted by molar-refractivity contribution is -0.117. The van der Waals surface area contributed by atoms with Gasteiger partial charge in [0.05, 0.1) is 19.8 Å². The van der Waals surface area contributed by atoms with Crippen LogP contribution in [0.2, 0.25) is 0 Å². The Morgan fingerprint density at radius 1 is 1.00 bits per heavy atom. The molecule has 2 heterocycles. The second-order valence-corrected chi connectivity index (χ2v) is 8.11. The molecular formula is C24H31N3O3. The number of hydrogen-bond donors (Lipinski definition) is 1. The quantitative estimate of drug-likeness (QED) is 0.784. The second-order valence-electron chi connectivity index (χ2n) is 8.11. The van der Waals surface area contributed by atoms with Crippen LogP contribution in [0.4, 0.5) is 11.4 Å². The molecule has 160 valence electrons. The number of nitrogens with one attached hydrogen (secondary N) is 1. The highest BCUT2D eigenvalue weighted by Crippen LogP contribution is 2.32. The van der Waals surface area contributed by atoms with Crippen molar-refractivity contribution >= 4 is 17.3 Å². The van der Waals surface area contributed by atoms with Gasteiger partial charge >= 0.3 is 0 Å². The summed E-state index contributed by atoms with van der Waals surface area (Å²) in [4.78, 5) is 17.1. The molecule has 2 aromatic carbocycles. The Bertz CT molecular complexity index is 865. The van der Waals surface area contributed by atoms with Crippen LogP contribution in [0.5, 0.6) is 11.5 Å². The second kappa shape index (κ2) is 9.85. The maximum absolute atomic E-state index is 12.6. The van der Waals surface area contributed by atoms with Crippen LogP contribution < -0.4 is 19.7 Å². The molecule has 0 bridgehead atoms. The SMILES string of the molecule is CN(CC(=O)Nc1ccc2c(c1)OCCCO2)Cc1ccccc1N1CCCCC1. The molecule has 1 fully saturated rings. The lowest BCUT2D eigenvalue weighted by Gasteiger charge is -2.31. The molecule has 6 heteroatoms. The number of carbonyl (C=O) groups excluding carboxylic acids is 1. The zero-order valence-electron chi connectivity index (χ0n) is 17.7. The van der Waals surface area contributed by atoms with E-state index >= 15 is 0 Å². The Morgan fingerprint density at radius 3 is 2.60 bits per heavy atom. The predicted molar refractivity (Wildman–Crippen MR) is 120 cm³/mol. The summed E-state index contributed by atoms with van der Waals surface area (Å²) in [6.07, 6.45) is 4.68. The van der Waals surface area contributed by atoms with Crippen LogP contribution in [0.3, 0.4) is 0 Å². The van der Waals surface area contributed by atoms with Gasteiger partial charge in [0.15, 0.2) is 11.5 Å². The Labute approximate surface area is 178 Å². The number of carbonyl (C=O) groups is 1. The van der Waals surface area contributed by atoms with Gasteiger partial charge in [0.2, 0.25) is 5.91 Å². The summed E-state index contributed by atoms with van der Waals surface area (Å²) in [5, 5.41) is 2.98. The lowest BCUT2D eigenvalue weighted by Crippen LogP contribution is -2.33. The van der Waals surface area contributed by atoms with E-state index in [0.717, 1.165) is 37.5 Å². The largest absolute Gasteiger partial charge is 0.490 e. The molecule has 1 amide bonds. The van der Waals surface area contributed by atoms with E-state index < -0.39 is 0 Å². The first-order valence-corrected chi connectivity index (χ1v) is 10.9. The number of amides is 1. The highest BCUT2D eigenvalue weighted by atomic mass is 16.5. The molecule has 0 atom stereocenters. The van der Waals surface area contributed by atoms with Crippen molar-refractivity contribution in [2.45, 2.75) is 32.2 Å². The Balaban J connectivity index is 1.35. The van der Waals surface area contributed by atoms with Gasteiger partial charge in [0, 0.05) is 43.5 Å². The molecule has 0 aromatic heterocycles. The molecular weight excluding hydrogens is 378 g/mol. The highest BCUT2D eigenvalue weighted by Gasteiger charge is 2.16. The number of hydrogen-bond acceptors (Lipinski definition) is 5. The monoisotopic (exact) mass is 409 g/mol. The normalized spacial score (nSPS) is 16.3. The average molecular weight is 410 g/mol. The first kappa shape index (κ1) is 20.5. The molecule has 2 aliphatic heterocycles. The molecule has 4 rings (SSSR count). The van der Waals surface area contributed by atoms with Crippen LogP contribution in [-0.4, -0.2) is 50.7 Å². The summed E-state index contributed by atoms with van der Waals surface area (Å²) in [7, 11) is 1.99. The van der Waals surface area contributed by atoms with Crippen LogP contribution >= 0.6 is 0 Å². The van der Waals surface area contributed by atoms with Gasteiger partial charge in [-0.2, -0.15) is 0 Å². The third kappa shape index (κ3) is 5.25. The van der Waals surface area contributed by atoms with Gasteiger partial charge < -0.3 is 19.7 Å². The van der Waals surface area contributed by atoms with Crippen molar-refractivity contribution in [3.8, 4) is 11.5 Å². The zero-order valence-corrected chi connectivity index (χ0v) is 17.7. The number of anilines is 2. The molecule has 0 unspecified atom stereocenters. The summed E-state index contributed by atoms with van der Waals surface area (Å²) < 4.78 is 11.4. The van der Waals surface area contributed by atoms with Crippen molar-refractivity contribution < 1.29 is 14.3 Å². The minimum absolute atomic E-state index is 0.0394. The van der Waals surface area contributed by atoms with E-state index in [1.807, 2.05) is 25.2 Å². The predicted octanol–water partition coefficient (Wildman–Crippen LogP) is 3.91. The van der Waals surface area contributed by atoms with Crippen LogP contribution in [0, 0.1) is 0 Å². The third-order valence-electron chi connectivity index (χ3n) is 5.57.